The van der Waals surface area contributed by atoms with E-state index in [0.29, 0.717) is 17.6 Å². The van der Waals surface area contributed by atoms with E-state index in [0.717, 1.165) is 26.2 Å². The monoisotopic (exact) mass is 305 g/mol. The van der Waals surface area contributed by atoms with Crippen molar-refractivity contribution < 1.29 is 4.92 Å². The molecular weight excluding hydrogens is 290 g/mol. The predicted octanol–water partition coefficient (Wildman–Crippen LogP) is -0.470. The molecule has 0 spiro atoms. The summed E-state index contributed by atoms with van der Waals surface area (Å²) in [6, 6.07) is 2.86. The van der Waals surface area contributed by atoms with E-state index in [9.17, 15) is 19.7 Å². The molecule has 9 nitrogen and oxygen atoms in total. The Balaban J connectivity index is 2.08. The van der Waals surface area contributed by atoms with Crippen molar-refractivity contribution in [3.8, 4) is 0 Å². The first-order chi connectivity index (χ1) is 10.5. The van der Waals surface area contributed by atoms with Crippen LogP contribution < -0.4 is 16.4 Å². The third-order valence-electron chi connectivity index (χ3n) is 3.72. The maximum absolute atomic E-state index is 11.4. The van der Waals surface area contributed by atoms with Gasteiger partial charge in [-0.1, -0.05) is 0 Å². The van der Waals surface area contributed by atoms with E-state index >= 15 is 0 Å². The lowest BCUT2D eigenvalue weighted by Crippen LogP contribution is -2.43. The fraction of sp³-hybridized carbons (Fsp3) is 0.385. The van der Waals surface area contributed by atoms with Crippen LogP contribution in [0, 0.1) is 10.1 Å². The molecule has 0 atom stereocenters. The Hall–Kier alpha value is -2.52. The van der Waals surface area contributed by atoms with Crippen LogP contribution in [0.5, 0.6) is 0 Å². The first-order valence-corrected chi connectivity index (χ1v) is 6.91. The minimum Gasteiger partial charge on any atom is -0.316 e. The molecule has 3 rings (SSSR count). The molecule has 0 aliphatic carbocycles. The van der Waals surface area contributed by atoms with Crippen molar-refractivity contribution in [1.29, 1.82) is 0 Å². The van der Waals surface area contributed by atoms with E-state index in [1.807, 2.05) is 0 Å². The highest BCUT2D eigenvalue weighted by molar-refractivity contribution is 5.78. The largest absolute Gasteiger partial charge is 0.316 e. The second-order valence-corrected chi connectivity index (χ2v) is 5.22. The SMILES string of the molecule is O=c1[nH]c2cc(CN3CCNCC3)c([N+](=O)[O-])cc2[nH]c1=O. The van der Waals surface area contributed by atoms with Gasteiger partial charge in [0.05, 0.1) is 16.0 Å². The minimum absolute atomic E-state index is 0.0614. The van der Waals surface area contributed by atoms with Gasteiger partial charge in [-0.3, -0.25) is 24.6 Å². The second kappa shape index (κ2) is 5.70. The molecule has 116 valence electrons. The van der Waals surface area contributed by atoms with Crippen molar-refractivity contribution in [2.75, 3.05) is 26.2 Å². The van der Waals surface area contributed by atoms with Crippen molar-refractivity contribution >= 4 is 16.7 Å². The number of nitrogens with zero attached hydrogens (tertiary/aromatic N) is 2. The van der Waals surface area contributed by atoms with Gasteiger partial charge in [-0.05, 0) is 6.07 Å². The minimum atomic E-state index is -0.823. The Labute approximate surface area is 124 Å². The van der Waals surface area contributed by atoms with Crippen LogP contribution in [0.1, 0.15) is 5.56 Å². The van der Waals surface area contributed by atoms with Gasteiger partial charge in [0.1, 0.15) is 0 Å². The van der Waals surface area contributed by atoms with Crippen LogP contribution in [0.2, 0.25) is 0 Å². The quantitative estimate of drug-likeness (QED) is 0.400. The molecule has 2 heterocycles. The molecule has 1 aliphatic heterocycles. The molecule has 0 unspecified atom stereocenters. The average Bonchev–Trinajstić information content (AvgIpc) is 2.49. The van der Waals surface area contributed by atoms with Gasteiger partial charge in [-0.25, -0.2) is 0 Å². The number of hydrogen-bond donors (Lipinski definition) is 3. The fourth-order valence-corrected chi connectivity index (χ4v) is 2.60. The molecule has 2 aromatic rings. The number of nitrogens with one attached hydrogen (secondary N) is 3. The lowest BCUT2D eigenvalue weighted by Gasteiger charge is -2.27. The van der Waals surface area contributed by atoms with Gasteiger partial charge in [0.15, 0.2) is 0 Å². The highest BCUT2D eigenvalue weighted by Gasteiger charge is 2.19. The number of nitro benzene ring substituents is 1. The fourth-order valence-electron chi connectivity index (χ4n) is 2.60. The summed E-state index contributed by atoms with van der Waals surface area (Å²) < 4.78 is 0. The number of hydrogen-bond acceptors (Lipinski definition) is 6. The Bertz CT molecular complexity index is 834. The van der Waals surface area contributed by atoms with Gasteiger partial charge in [-0.2, -0.15) is 0 Å². The highest BCUT2D eigenvalue weighted by atomic mass is 16.6. The standard InChI is InChI=1S/C13H15N5O4/c19-12-13(20)16-10-6-11(18(21)22)8(5-9(10)15-12)7-17-3-1-14-2-4-17/h5-6,14H,1-4,7H2,(H,15,19)(H,16,20). The molecule has 1 aromatic heterocycles. The summed E-state index contributed by atoms with van der Waals surface area (Å²) in [6.45, 7) is 3.71. The number of aromatic amines is 2. The third-order valence-corrected chi connectivity index (χ3v) is 3.72. The molecule has 1 aliphatic rings. The number of piperazine rings is 1. The van der Waals surface area contributed by atoms with E-state index in [1.54, 1.807) is 6.07 Å². The number of benzene rings is 1. The molecule has 0 bridgehead atoms. The highest BCUT2D eigenvalue weighted by Crippen LogP contribution is 2.24. The molecule has 0 saturated carbocycles. The van der Waals surface area contributed by atoms with Crippen LogP contribution in [0.25, 0.3) is 11.0 Å². The van der Waals surface area contributed by atoms with Gasteiger partial charge in [0, 0.05) is 44.4 Å². The molecule has 9 heteroatoms. The zero-order valence-corrected chi connectivity index (χ0v) is 11.7. The van der Waals surface area contributed by atoms with Gasteiger partial charge in [0.2, 0.25) is 0 Å². The Morgan fingerprint density at radius 2 is 1.68 bits per heavy atom. The van der Waals surface area contributed by atoms with Crippen LogP contribution in [0.4, 0.5) is 5.69 Å². The van der Waals surface area contributed by atoms with E-state index in [-0.39, 0.29) is 11.2 Å². The van der Waals surface area contributed by atoms with Crippen molar-refractivity contribution in [2.45, 2.75) is 6.54 Å². The second-order valence-electron chi connectivity index (χ2n) is 5.22. The van der Waals surface area contributed by atoms with Gasteiger partial charge in [0.25, 0.3) is 5.69 Å². The van der Waals surface area contributed by atoms with Gasteiger partial charge >= 0.3 is 11.1 Å². The lowest BCUT2D eigenvalue weighted by molar-refractivity contribution is -0.385. The number of fused-ring (bicyclic) bond motifs is 1. The van der Waals surface area contributed by atoms with Crippen molar-refractivity contribution in [3.05, 3.63) is 48.5 Å². The molecule has 0 radical (unpaired) electrons. The summed E-state index contributed by atoms with van der Waals surface area (Å²) in [5.74, 6) is 0. The number of nitro groups is 1. The maximum atomic E-state index is 11.4. The van der Waals surface area contributed by atoms with E-state index in [2.05, 4.69) is 20.2 Å². The first kappa shape index (κ1) is 14.4. The molecule has 0 amide bonds. The van der Waals surface area contributed by atoms with Crippen molar-refractivity contribution in [2.24, 2.45) is 0 Å². The van der Waals surface area contributed by atoms with Crippen molar-refractivity contribution in [1.82, 2.24) is 20.2 Å². The average molecular weight is 305 g/mol. The van der Waals surface area contributed by atoms with Gasteiger partial charge in [-0.15, -0.1) is 0 Å². The normalized spacial score (nSPS) is 16.0. The van der Waals surface area contributed by atoms with Crippen LogP contribution in [0.15, 0.2) is 21.7 Å². The summed E-state index contributed by atoms with van der Waals surface area (Å²) >= 11 is 0. The predicted molar refractivity (Wildman–Crippen MR) is 80.0 cm³/mol. The zero-order chi connectivity index (χ0) is 15.7. The zero-order valence-electron chi connectivity index (χ0n) is 11.7. The molecule has 1 fully saturated rings. The Kier molecular flexibility index (Phi) is 3.73. The number of aromatic nitrogens is 2. The number of rotatable bonds is 3. The van der Waals surface area contributed by atoms with Crippen LogP contribution in [-0.2, 0) is 6.54 Å². The summed E-state index contributed by atoms with van der Waals surface area (Å²) in [4.78, 5) is 40.4. The Morgan fingerprint density at radius 3 is 2.27 bits per heavy atom. The summed E-state index contributed by atoms with van der Waals surface area (Å²) in [7, 11) is 0. The van der Waals surface area contributed by atoms with Gasteiger partial charge < -0.3 is 15.3 Å². The first-order valence-electron chi connectivity index (χ1n) is 6.91. The third kappa shape index (κ3) is 2.76. The Morgan fingerprint density at radius 1 is 1.09 bits per heavy atom. The van der Waals surface area contributed by atoms with Crippen molar-refractivity contribution in [3.63, 3.8) is 0 Å². The van der Waals surface area contributed by atoms with E-state index in [4.69, 9.17) is 0 Å². The molecule has 1 saturated heterocycles. The molecular formula is C13H15N5O4. The van der Waals surface area contributed by atoms with Crippen LogP contribution in [0.3, 0.4) is 0 Å². The summed E-state index contributed by atoms with van der Waals surface area (Å²) in [5, 5.41) is 14.5. The topological polar surface area (TPSA) is 124 Å². The summed E-state index contributed by atoms with van der Waals surface area (Å²) in [5.41, 5.74) is -0.498. The van der Waals surface area contributed by atoms with E-state index in [1.165, 1.54) is 6.07 Å². The maximum Gasteiger partial charge on any atom is 0.314 e. The lowest BCUT2D eigenvalue weighted by atomic mass is 10.1. The smallest absolute Gasteiger partial charge is 0.314 e. The molecule has 22 heavy (non-hydrogen) atoms. The van der Waals surface area contributed by atoms with Crippen LogP contribution >= 0.6 is 0 Å². The van der Waals surface area contributed by atoms with E-state index < -0.39 is 16.0 Å². The summed E-state index contributed by atoms with van der Waals surface area (Å²) in [6.07, 6.45) is 0. The molecule has 1 aromatic carbocycles. The number of H-pyrrole nitrogens is 2. The molecule has 3 N–H and O–H groups in total. The van der Waals surface area contributed by atoms with Crippen LogP contribution in [-0.4, -0.2) is 46.0 Å².